The van der Waals surface area contributed by atoms with Crippen molar-refractivity contribution < 1.29 is 14.0 Å². The van der Waals surface area contributed by atoms with Crippen LogP contribution in [0.4, 0.5) is 10.1 Å². The molecule has 2 amide bonds. The van der Waals surface area contributed by atoms with Gasteiger partial charge >= 0.3 is 0 Å². The van der Waals surface area contributed by atoms with Gasteiger partial charge in [-0.15, -0.1) is 11.8 Å². The molecule has 0 aliphatic carbocycles. The number of amides is 2. The summed E-state index contributed by atoms with van der Waals surface area (Å²) in [4.78, 5) is 29.8. The number of halogens is 1. The van der Waals surface area contributed by atoms with Crippen LogP contribution in [0.15, 0.2) is 59.5 Å². The van der Waals surface area contributed by atoms with Gasteiger partial charge in [-0.05, 0) is 43.3 Å². The maximum atomic E-state index is 12.9. The van der Waals surface area contributed by atoms with Crippen molar-refractivity contribution in [3.8, 4) is 0 Å². The summed E-state index contributed by atoms with van der Waals surface area (Å²) in [5.41, 5.74) is 0.576. The summed E-state index contributed by atoms with van der Waals surface area (Å²) < 4.78 is 12.9. The van der Waals surface area contributed by atoms with E-state index in [4.69, 9.17) is 0 Å². The molecule has 1 aliphatic heterocycles. The van der Waals surface area contributed by atoms with Crippen LogP contribution in [0.1, 0.15) is 6.92 Å². The van der Waals surface area contributed by atoms with Crippen molar-refractivity contribution in [2.75, 3.05) is 38.0 Å². The highest BCUT2D eigenvalue weighted by Crippen LogP contribution is 2.24. The van der Waals surface area contributed by atoms with Gasteiger partial charge in [-0.3, -0.25) is 14.5 Å². The number of thioether (sulfide) groups is 1. The first kappa shape index (κ1) is 20.4. The Morgan fingerprint density at radius 2 is 1.68 bits per heavy atom. The lowest BCUT2D eigenvalue weighted by molar-refractivity contribution is -0.132. The highest BCUT2D eigenvalue weighted by atomic mass is 32.2. The third-order valence-electron chi connectivity index (χ3n) is 4.58. The fraction of sp³-hybridized carbons (Fsp3) is 0.333. The minimum absolute atomic E-state index is 0.129. The van der Waals surface area contributed by atoms with Gasteiger partial charge in [0.2, 0.25) is 11.8 Å². The van der Waals surface area contributed by atoms with E-state index in [2.05, 4.69) is 5.32 Å². The van der Waals surface area contributed by atoms with Gasteiger partial charge in [-0.25, -0.2) is 4.39 Å². The van der Waals surface area contributed by atoms with Crippen LogP contribution in [-0.4, -0.2) is 59.6 Å². The Morgan fingerprint density at radius 1 is 1.04 bits per heavy atom. The summed E-state index contributed by atoms with van der Waals surface area (Å²) in [6, 6.07) is 15.6. The second kappa shape index (κ2) is 9.71. The summed E-state index contributed by atoms with van der Waals surface area (Å²) in [5.74, 6) is -0.345. The number of hydrogen-bond acceptors (Lipinski definition) is 4. The monoisotopic (exact) mass is 401 g/mol. The minimum Gasteiger partial charge on any atom is -0.339 e. The van der Waals surface area contributed by atoms with Crippen molar-refractivity contribution in [2.24, 2.45) is 0 Å². The van der Waals surface area contributed by atoms with E-state index in [9.17, 15) is 14.0 Å². The van der Waals surface area contributed by atoms with E-state index in [1.165, 1.54) is 24.3 Å². The molecule has 0 aromatic heterocycles. The summed E-state index contributed by atoms with van der Waals surface area (Å²) in [6.07, 6.45) is 0. The SMILES string of the molecule is CC(Sc1ccccc1)C(=O)N1CCN(CC(=O)Nc2ccc(F)cc2)CC1. The Balaban J connectivity index is 1.42. The molecule has 2 aromatic carbocycles. The topological polar surface area (TPSA) is 52.7 Å². The van der Waals surface area contributed by atoms with E-state index in [0.717, 1.165) is 4.90 Å². The number of carbonyl (C=O) groups excluding carboxylic acids is 2. The largest absolute Gasteiger partial charge is 0.339 e. The Labute approximate surface area is 168 Å². The number of nitrogens with one attached hydrogen (secondary N) is 1. The van der Waals surface area contributed by atoms with Crippen LogP contribution in [0.5, 0.6) is 0 Å². The number of rotatable bonds is 6. The van der Waals surface area contributed by atoms with Gasteiger partial charge in [-0.1, -0.05) is 18.2 Å². The van der Waals surface area contributed by atoms with Crippen LogP contribution in [0.2, 0.25) is 0 Å². The van der Waals surface area contributed by atoms with Crippen molar-refractivity contribution in [1.29, 1.82) is 0 Å². The van der Waals surface area contributed by atoms with E-state index in [0.29, 0.717) is 31.9 Å². The van der Waals surface area contributed by atoms with Crippen molar-refractivity contribution in [3.63, 3.8) is 0 Å². The van der Waals surface area contributed by atoms with E-state index in [-0.39, 0.29) is 29.4 Å². The molecule has 7 heteroatoms. The summed E-state index contributed by atoms with van der Waals surface area (Å²) >= 11 is 1.56. The van der Waals surface area contributed by atoms with Gasteiger partial charge < -0.3 is 10.2 Å². The maximum Gasteiger partial charge on any atom is 0.238 e. The number of hydrogen-bond donors (Lipinski definition) is 1. The van der Waals surface area contributed by atoms with Gasteiger partial charge in [0.05, 0.1) is 11.8 Å². The van der Waals surface area contributed by atoms with Gasteiger partial charge in [0.1, 0.15) is 5.82 Å². The molecule has 0 bridgehead atoms. The Kier molecular flexibility index (Phi) is 7.06. The number of anilines is 1. The molecule has 2 aromatic rings. The zero-order valence-electron chi connectivity index (χ0n) is 15.8. The number of nitrogens with zero attached hydrogens (tertiary/aromatic N) is 2. The van der Waals surface area contributed by atoms with E-state index >= 15 is 0 Å². The molecule has 148 valence electrons. The molecule has 3 rings (SSSR count). The minimum atomic E-state index is -0.335. The fourth-order valence-corrected chi connectivity index (χ4v) is 4.05. The summed E-state index contributed by atoms with van der Waals surface area (Å²) in [7, 11) is 0. The first-order chi connectivity index (χ1) is 13.5. The third-order valence-corrected chi connectivity index (χ3v) is 5.68. The van der Waals surface area contributed by atoms with Crippen molar-refractivity contribution in [1.82, 2.24) is 9.80 Å². The lowest BCUT2D eigenvalue weighted by atomic mass is 10.2. The molecule has 1 saturated heterocycles. The summed E-state index contributed by atoms with van der Waals surface area (Å²) in [6.45, 7) is 4.73. The quantitative estimate of drug-likeness (QED) is 0.756. The predicted molar refractivity (Wildman–Crippen MR) is 110 cm³/mol. The molecular formula is C21H24FN3O2S. The van der Waals surface area contributed by atoms with Crippen molar-refractivity contribution in [2.45, 2.75) is 17.1 Å². The van der Waals surface area contributed by atoms with Gasteiger partial charge in [-0.2, -0.15) is 0 Å². The molecule has 5 nitrogen and oxygen atoms in total. The van der Waals surface area contributed by atoms with Crippen LogP contribution in [0, 0.1) is 5.82 Å². The lowest BCUT2D eigenvalue weighted by Gasteiger charge is -2.35. The molecule has 0 spiro atoms. The number of carbonyl (C=O) groups is 2. The first-order valence-electron chi connectivity index (χ1n) is 9.29. The van der Waals surface area contributed by atoms with Crippen LogP contribution in [-0.2, 0) is 9.59 Å². The molecule has 1 N–H and O–H groups in total. The van der Waals surface area contributed by atoms with Crippen LogP contribution < -0.4 is 5.32 Å². The van der Waals surface area contributed by atoms with Crippen molar-refractivity contribution >= 4 is 29.3 Å². The average Bonchev–Trinajstić information content (AvgIpc) is 2.70. The second-order valence-electron chi connectivity index (χ2n) is 6.73. The molecule has 28 heavy (non-hydrogen) atoms. The first-order valence-corrected chi connectivity index (χ1v) is 10.2. The standard InChI is InChI=1S/C21H24FN3O2S/c1-16(28-19-5-3-2-4-6-19)21(27)25-13-11-24(12-14-25)15-20(26)23-18-9-7-17(22)8-10-18/h2-10,16H,11-15H2,1H3,(H,23,26). The lowest BCUT2D eigenvalue weighted by Crippen LogP contribution is -2.52. The Morgan fingerprint density at radius 3 is 2.32 bits per heavy atom. The number of piperazine rings is 1. The predicted octanol–water partition coefficient (Wildman–Crippen LogP) is 3.09. The fourth-order valence-electron chi connectivity index (χ4n) is 3.07. The number of benzene rings is 2. The molecule has 1 fully saturated rings. The van der Waals surface area contributed by atoms with Gasteiger partial charge in [0, 0.05) is 36.8 Å². The van der Waals surface area contributed by atoms with Gasteiger partial charge in [0.25, 0.3) is 0 Å². The third kappa shape index (κ3) is 5.81. The molecule has 0 saturated carbocycles. The van der Waals surface area contributed by atoms with E-state index in [1.807, 2.05) is 47.1 Å². The van der Waals surface area contributed by atoms with Gasteiger partial charge in [0.15, 0.2) is 0 Å². The molecule has 1 aliphatic rings. The van der Waals surface area contributed by atoms with E-state index < -0.39 is 0 Å². The van der Waals surface area contributed by atoms with Crippen LogP contribution in [0.3, 0.4) is 0 Å². The van der Waals surface area contributed by atoms with Crippen LogP contribution in [0.25, 0.3) is 0 Å². The van der Waals surface area contributed by atoms with Crippen LogP contribution >= 0.6 is 11.8 Å². The molecule has 1 atom stereocenters. The second-order valence-corrected chi connectivity index (χ2v) is 8.14. The highest BCUT2D eigenvalue weighted by molar-refractivity contribution is 8.00. The normalized spacial score (nSPS) is 15.9. The average molecular weight is 402 g/mol. The summed E-state index contributed by atoms with van der Waals surface area (Å²) in [5, 5.41) is 2.62. The zero-order valence-corrected chi connectivity index (χ0v) is 16.6. The van der Waals surface area contributed by atoms with Crippen molar-refractivity contribution in [3.05, 3.63) is 60.4 Å². The Bertz CT molecular complexity index is 793. The highest BCUT2D eigenvalue weighted by Gasteiger charge is 2.26. The maximum absolute atomic E-state index is 12.9. The zero-order chi connectivity index (χ0) is 19.9. The Hall–Kier alpha value is -2.38. The smallest absolute Gasteiger partial charge is 0.238 e. The molecular weight excluding hydrogens is 377 g/mol. The molecule has 0 radical (unpaired) electrons. The van der Waals surface area contributed by atoms with E-state index in [1.54, 1.807) is 11.8 Å². The molecule has 1 unspecified atom stereocenters. The molecule has 1 heterocycles.